The maximum absolute atomic E-state index is 5.92. The minimum Gasteiger partial charge on any atom is -0.369 e. The Kier molecular flexibility index (Phi) is 3.73. The van der Waals surface area contributed by atoms with Gasteiger partial charge in [0.1, 0.15) is 0 Å². The van der Waals surface area contributed by atoms with Crippen molar-refractivity contribution in [1.82, 2.24) is 10.2 Å². The molecule has 4 heteroatoms. The van der Waals surface area contributed by atoms with E-state index in [-0.39, 0.29) is 0 Å². The third kappa shape index (κ3) is 2.79. The Morgan fingerprint density at radius 3 is 2.28 bits per heavy atom. The molecule has 2 aliphatic heterocycles. The SMILES string of the molecule is Clc1ccc(N2CCN(CC3CNC3)CC2)cc1. The molecule has 0 aliphatic carbocycles. The van der Waals surface area contributed by atoms with Gasteiger partial charge >= 0.3 is 0 Å². The quantitative estimate of drug-likeness (QED) is 0.897. The zero-order chi connectivity index (χ0) is 12.4. The van der Waals surface area contributed by atoms with Gasteiger partial charge in [-0.15, -0.1) is 0 Å². The largest absolute Gasteiger partial charge is 0.369 e. The number of nitrogens with zero attached hydrogens (tertiary/aromatic N) is 2. The average molecular weight is 266 g/mol. The molecular formula is C14H20ClN3. The Morgan fingerprint density at radius 2 is 1.72 bits per heavy atom. The predicted molar refractivity (Wildman–Crippen MR) is 76.5 cm³/mol. The molecule has 1 N–H and O–H groups in total. The molecule has 0 amide bonds. The van der Waals surface area contributed by atoms with Gasteiger partial charge in [0, 0.05) is 56.5 Å². The van der Waals surface area contributed by atoms with Crippen LogP contribution in [0, 0.1) is 5.92 Å². The van der Waals surface area contributed by atoms with Crippen LogP contribution in [0.25, 0.3) is 0 Å². The second-order valence-corrected chi connectivity index (χ2v) is 5.72. The van der Waals surface area contributed by atoms with Crippen LogP contribution in [-0.2, 0) is 0 Å². The molecule has 0 saturated carbocycles. The summed E-state index contributed by atoms with van der Waals surface area (Å²) in [6.07, 6.45) is 0. The highest BCUT2D eigenvalue weighted by Crippen LogP contribution is 2.19. The van der Waals surface area contributed by atoms with E-state index in [1.54, 1.807) is 0 Å². The first-order valence-corrected chi connectivity index (χ1v) is 7.12. The lowest BCUT2D eigenvalue weighted by Crippen LogP contribution is -2.53. The molecule has 2 fully saturated rings. The molecule has 0 atom stereocenters. The second-order valence-electron chi connectivity index (χ2n) is 5.29. The first kappa shape index (κ1) is 12.3. The molecule has 0 unspecified atom stereocenters. The summed E-state index contributed by atoms with van der Waals surface area (Å²) in [6.45, 7) is 8.29. The van der Waals surface area contributed by atoms with Crippen molar-refractivity contribution in [2.24, 2.45) is 5.92 Å². The highest BCUT2D eigenvalue weighted by Gasteiger charge is 2.23. The zero-order valence-electron chi connectivity index (χ0n) is 10.6. The molecule has 2 saturated heterocycles. The van der Waals surface area contributed by atoms with Crippen molar-refractivity contribution in [3.63, 3.8) is 0 Å². The van der Waals surface area contributed by atoms with E-state index in [1.807, 2.05) is 12.1 Å². The summed E-state index contributed by atoms with van der Waals surface area (Å²) in [4.78, 5) is 5.05. The Morgan fingerprint density at radius 1 is 1.06 bits per heavy atom. The minimum atomic E-state index is 0.815. The molecule has 0 spiro atoms. The van der Waals surface area contributed by atoms with E-state index >= 15 is 0 Å². The molecule has 1 aromatic carbocycles. The van der Waals surface area contributed by atoms with Gasteiger partial charge in [0.2, 0.25) is 0 Å². The zero-order valence-corrected chi connectivity index (χ0v) is 11.4. The number of piperazine rings is 1. The lowest BCUT2D eigenvalue weighted by atomic mass is 10.0. The van der Waals surface area contributed by atoms with E-state index in [0.29, 0.717) is 0 Å². The lowest BCUT2D eigenvalue weighted by Gasteiger charge is -2.39. The van der Waals surface area contributed by atoms with Gasteiger partial charge < -0.3 is 10.2 Å². The average Bonchev–Trinajstić information content (AvgIpc) is 2.36. The minimum absolute atomic E-state index is 0.815. The maximum atomic E-state index is 5.92. The van der Waals surface area contributed by atoms with E-state index in [4.69, 9.17) is 11.6 Å². The Labute approximate surface area is 114 Å². The molecule has 98 valence electrons. The fourth-order valence-corrected chi connectivity index (χ4v) is 2.81. The van der Waals surface area contributed by atoms with Crippen molar-refractivity contribution >= 4 is 17.3 Å². The van der Waals surface area contributed by atoms with Crippen molar-refractivity contribution in [1.29, 1.82) is 0 Å². The van der Waals surface area contributed by atoms with Crippen LogP contribution in [-0.4, -0.2) is 50.7 Å². The summed E-state index contributed by atoms with van der Waals surface area (Å²) in [7, 11) is 0. The molecule has 1 aromatic rings. The summed E-state index contributed by atoms with van der Waals surface area (Å²) in [6, 6.07) is 8.19. The summed E-state index contributed by atoms with van der Waals surface area (Å²) < 4.78 is 0. The molecule has 2 heterocycles. The van der Waals surface area contributed by atoms with Crippen molar-refractivity contribution in [3.05, 3.63) is 29.3 Å². The lowest BCUT2D eigenvalue weighted by molar-refractivity contribution is 0.184. The van der Waals surface area contributed by atoms with E-state index in [0.717, 1.165) is 24.0 Å². The highest BCUT2D eigenvalue weighted by molar-refractivity contribution is 6.30. The number of halogens is 1. The summed E-state index contributed by atoms with van der Waals surface area (Å²) in [5.41, 5.74) is 1.30. The standard InChI is InChI=1S/C14H20ClN3/c15-13-1-3-14(4-2-13)18-7-5-17(6-8-18)11-12-9-16-10-12/h1-4,12,16H,5-11H2. The van der Waals surface area contributed by atoms with Gasteiger partial charge in [-0.3, -0.25) is 4.90 Å². The Hall–Kier alpha value is -0.770. The van der Waals surface area contributed by atoms with Crippen molar-refractivity contribution < 1.29 is 0 Å². The van der Waals surface area contributed by atoms with Gasteiger partial charge in [-0.2, -0.15) is 0 Å². The number of hydrogen-bond acceptors (Lipinski definition) is 3. The number of rotatable bonds is 3. The molecule has 0 aromatic heterocycles. The van der Waals surface area contributed by atoms with Crippen molar-refractivity contribution in [3.8, 4) is 0 Å². The normalized spacial score (nSPS) is 21.9. The molecule has 18 heavy (non-hydrogen) atoms. The van der Waals surface area contributed by atoms with E-state index < -0.39 is 0 Å². The highest BCUT2D eigenvalue weighted by atomic mass is 35.5. The first-order chi connectivity index (χ1) is 8.81. The van der Waals surface area contributed by atoms with Crippen LogP contribution in [0.2, 0.25) is 5.02 Å². The van der Waals surface area contributed by atoms with E-state index in [1.165, 1.54) is 38.4 Å². The maximum Gasteiger partial charge on any atom is 0.0407 e. The smallest absolute Gasteiger partial charge is 0.0407 e. The second kappa shape index (κ2) is 5.47. The first-order valence-electron chi connectivity index (χ1n) is 6.75. The van der Waals surface area contributed by atoms with Crippen LogP contribution in [0.4, 0.5) is 5.69 Å². The van der Waals surface area contributed by atoms with Gasteiger partial charge in [0.05, 0.1) is 0 Å². The van der Waals surface area contributed by atoms with Gasteiger partial charge in [-0.1, -0.05) is 11.6 Å². The number of anilines is 1. The van der Waals surface area contributed by atoms with Crippen molar-refractivity contribution in [2.75, 3.05) is 50.7 Å². The van der Waals surface area contributed by atoms with E-state index in [2.05, 4.69) is 27.2 Å². The number of benzene rings is 1. The molecule has 3 rings (SSSR count). The van der Waals surface area contributed by atoms with Crippen LogP contribution in [0.5, 0.6) is 0 Å². The van der Waals surface area contributed by atoms with Crippen LogP contribution >= 0.6 is 11.6 Å². The van der Waals surface area contributed by atoms with Crippen LogP contribution in [0.1, 0.15) is 0 Å². The monoisotopic (exact) mass is 265 g/mol. The molecule has 0 radical (unpaired) electrons. The molecule has 3 nitrogen and oxygen atoms in total. The summed E-state index contributed by atoms with van der Waals surface area (Å²) >= 11 is 5.92. The third-order valence-corrected chi connectivity index (χ3v) is 4.20. The molecule has 2 aliphatic rings. The number of nitrogens with one attached hydrogen (secondary N) is 1. The number of hydrogen-bond donors (Lipinski definition) is 1. The van der Waals surface area contributed by atoms with Gasteiger partial charge in [-0.25, -0.2) is 0 Å². The molecular weight excluding hydrogens is 246 g/mol. The van der Waals surface area contributed by atoms with Crippen LogP contribution in [0.3, 0.4) is 0 Å². The fraction of sp³-hybridized carbons (Fsp3) is 0.571. The fourth-order valence-electron chi connectivity index (χ4n) is 2.68. The topological polar surface area (TPSA) is 18.5 Å². The van der Waals surface area contributed by atoms with Gasteiger partial charge in [0.25, 0.3) is 0 Å². The van der Waals surface area contributed by atoms with Crippen molar-refractivity contribution in [2.45, 2.75) is 0 Å². The Bertz CT molecular complexity index is 381. The van der Waals surface area contributed by atoms with Gasteiger partial charge in [-0.05, 0) is 30.2 Å². The Balaban J connectivity index is 1.51. The summed E-state index contributed by atoms with van der Waals surface area (Å²) in [5.74, 6) is 0.882. The summed E-state index contributed by atoms with van der Waals surface area (Å²) in [5, 5.41) is 4.16. The van der Waals surface area contributed by atoms with Gasteiger partial charge in [0.15, 0.2) is 0 Å². The third-order valence-electron chi connectivity index (χ3n) is 3.95. The van der Waals surface area contributed by atoms with Crippen LogP contribution < -0.4 is 10.2 Å². The van der Waals surface area contributed by atoms with E-state index in [9.17, 15) is 0 Å². The molecule has 0 bridgehead atoms. The van der Waals surface area contributed by atoms with Crippen LogP contribution in [0.15, 0.2) is 24.3 Å². The predicted octanol–water partition coefficient (Wildman–Crippen LogP) is 1.68.